The number of hydrogen-bond donors (Lipinski definition) is 1. The van der Waals surface area contributed by atoms with Crippen molar-refractivity contribution in [3.63, 3.8) is 0 Å². The fourth-order valence-electron chi connectivity index (χ4n) is 2.19. The Bertz CT molecular complexity index is 931. The van der Waals surface area contributed by atoms with E-state index in [1.165, 1.54) is 11.4 Å². The van der Waals surface area contributed by atoms with Crippen LogP contribution in [0.4, 0.5) is 5.69 Å². The van der Waals surface area contributed by atoms with Crippen LogP contribution >= 0.6 is 11.3 Å². The summed E-state index contributed by atoms with van der Waals surface area (Å²) in [5, 5.41) is 4.46. The molecule has 0 fully saturated rings. The van der Waals surface area contributed by atoms with E-state index in [0.29, 0.717) is 23.6 Å². The zero-order valence-electron chi connectivity index (χ0n) is 13.4. The lowest BCUT2D eigenvalue weighted by Gasteiger charge is -2.18. The van der Waals surface area contributed by atoms with Gasteiger partial charge in [-0.15, -0.1) is 11.3 Å². The maximum absolute atomic E-state index is 12.5. The second kappa shape index (κ2) is 7.12. The molecule has 2 heterocycles. The van der Waals surface area contributed by atoms with Crippen LogP contribution in [0.1, 0.15) is 16.1 Å². The molecule has 0 aliphatic rings. The second-order valence-electron chi connectivity index (χ2n) is 5.21. The Morgan fingerprint density at radius 1 is 1.16 bits per heavy atom. The normalized spacial score (nSPS) is 11.2. The molecule has 0 spiro atoms. The fraction of sp³-hybridized carbons (Fsp3) is 0.118. The number of anilines is 1. The van der Waals surface area contributed by atoms with E-state index in [2.05, 4.69) is 5.32 Å². The zero-order chi connectivity index (χ0) is 17.9. The van der Waals surface area contributed by atoms with Crippen molar-refractivity contribution in [1.82, 2.24) is 5.32 Å². The molecule has 0 radical (unpaired) electrons. The summed E-state index contributed by atoms with van der Waals surface area (Å²) in [5.74, 6) is 0.401. The quantitative estimate of drug-likeness (QED) is 0.717. The van der Waals surface area contributed by atoms with Crippen LogP contribution in [0.15, 0.2) is 68.8 Å². The molecule has 0 bridgehead atoms. The molecule has 0 aliphatic carbocycles. The third-order valence-corrected chi connectivity index (χ3v) is 6.76. The summed E-state index contributed by atoms with van der Waals surface area (Å²) in [7, 11) is -2.10. The van der Waals surface area contributed by atoms with Crippen LogP contribution in [0, 0.1) is 0 Å². The van der Waals surface area contributed by atoms with Gasteiger partial charge in [0, 0.05) is 12.6 Å². The van der Waals surface area contributed by atoms with E-state index >= 15 is 0 Å². The lowest BCUT2D eigenvalue weighted by atomic mass is 10.2. The highest BCUT2D eigenvalue weighted by atomic mass is 32.2. The highest BCUT2D eigenvalue weighted by Gasteiger charge is 2.22. The molecular weight excluding hydrogens is 360 g/mol. The number of thiophene rings is 1. The van der Waals surface area contributed by atoms with Crippen LogP contribution in [0.2, 0.25) is 0 Å². The predicted molar refractivity (Wildman–Crippen MR) is 96.2 cm³/mol. The SMILES string of the molecule is CN(c1ccc(C(=O)NCc2ccco2)cc1)S(=O)(=O)c1cccs1. The molecule has 0 saturated carbocycles. The number of sulfonamides is 1. The van der Waals surface area contributed by atoms with Crippen molar-refractivity contribution in [3.05, 3.63) is 71.5 Å². The minimum Gasteiger partial charge on any atom is -0.467 e. The van der Waals surface area contributed by atoms with Gasteiger partial charge in [0.2, 0.25) is 0 Å². The number of nitrogens with zero attached hydrogens (tertiary/aromatic N) is 1. The first-order valence-electron chi connectivity index (χ1n) is 7.41. The maximum Gasteiger partial charge on any atom is 0.273 e. The van der Waals surface area contributed by atoms with Crippen molar-refractivity contribution in [2.45, 2.75) is 10.8 Å². The molecule has 1 N–H and O–H groups in total. The van der Waals surface area contributed by atoms with Gasteiger partial charge in [-0.3, -0.25) is 9.10 Å². The predicted octanol–water partition coefficient (Wildman–Crippen LogP) is 3.10. The lowest BCUT2D eigenvalue weighted by molar-refractivity contribution is 0.0948. The maximum atomic E-state index is 12.5. The zero-order valence-corrected chi connectivity index (χ0v) is 15.0. The van der Waals surface area contributed by atoms with E-state index in [0.717, 1.165) is 11.3 Å². The van der Waals surface area contributed by atoms with E-state index in [1.54, 1.807) is 60.2 Å². The summed E-state index contributed by atoms with van der Waals surface area (Å²) < 4.78 is 31.6. The van der Waals surface area contributed by atoms with Crippen molar-refractivity contribution in [2.75, 3.05) is 11.4 Å². The number of nitrogens with one attached hydrogen (secondary N) is 1. The molecule has 2 aromatic heterocycles. The van der Waals surface area contributed by atoms with Crippen LogP contribution < -0.4 is 9.62 Å². The van der Waals surface area contributed by atoms with Crippen molar-refractivity contribution >= 4 is 33.0 Å². The molecule has 3 rings (SSSR count). The Hall–Kier alpha value is -2.58. The van der Waals surface area contributed by atoms with E-state index < -0.39 is 10.0 Å². The van der Waals surface area contributed by atoms with Crippen LogP contribution in [-0.4, -0.2) is 21.4 Å². The van der Waals surface area contributed by atoms with Crippen molar-refractivity contribution < 1.29 is 17.6 Å². The first-order valence-corrected chi connectivity index (χ1v) is 9.73. The Morgan fingerprint density at radius 3 is 2.52 bits per heavy atom. The summed E-state index contributed by atoms with van der Waals surface area (Å²) in [4.78, 5) is 12.1. The first kappa shape index (κ1) is 17.2. The Balaban J connectivity index is 1.70. The number of rotatable bonds is 6. The number of amides is 1. The van der Waals surface area contributed by atoms with E-state index in [1.807, 2.05) is 0 Å². The summed E-state index contributed by atoms with van der Waals surface area (Å²) in [6.45, 7) is 0.292. The van der Waals surface area contributed by atoms with E-state index in [4.69, 9.17) is 4.42 Å². The minimum atomic E-state index is -3.58. The lowest BCUT2D eigenvalue weighted by Crippen LogP contribution is -2.26. The molecule has 0 saturated heterocycles. The molecular formula is C17H16N2O4S2. The largest absolute Gasteiger partial charge is 0.467 e. The van der Waals surface area contributed by atoms with Gasteiger partial charge in [-0.1, -0.05) is 6.07 Å². The fourth-order valence-corrected chi connectivity index (χ4v) is 4.55. The Kier molecular flexibility index (Phi) is 4.91. The number of furan rings is 1. The molecule has 6 nitrogen and oxygen atoms in total. The van der Waals surface area contributed by atoms with Crippen LogP contribution in [0.25, 0.3) is 0 Å². The third kappa shape index (κ3) is 3.75. The molecule has 25 heavy (non-hydrogen) atoms. The number of hydrogen-bond acceptors (Lipinski definition) is 5. The van der Waals surface area contributed by atoms with Gasteiger partial charge in [-0.05, 0) is 47.8 Å². The summed E-state index contributed by atoms with van der Waals surface area (Å²) in [5.41, 5.74) is 0.924. The van der Waals surface area contributed by atoms with Crippen molar-refractivity contribution in [1.29, 1.82) is 0 Å². The molecule has 130 valence electrons. The smallest absolute Gasteiger partial charge is 0.273 e. The molecule has 0 unspecified atom stereocenters. The van der Waals surface area contributed by atoms with Gasteiger partial charge < -0.3 is 9.73 Å². The van der Waals surface area contributed by atoms with E-state index in [9.17, 15) is 13.2 Å². The average molecular weight is 376 g/mol. The average Bonchev–Trinajstić information content (AvgIpc) is 3.32. The highest BCUT2D eigenvalue weighted by molar-refractivity contribution is 7.94. The Morgan fingerprint density at radius 2 is 1.92 bits per heavy atom. The van der Waals surface area contributed by atoms with Gasteiger partial charge in [-0.2, -0.15) is 0 Å². The molecule has 0 atom stereocenters. The molecule has 0 aliphatic heterocycles. The summed E-state index contributed by atoms with van der Waals surface area (Å²) >= 11 is 1.16. The Labute approximate surface area is 149 Å². The van der Waals surface area contributed by atoms with Gasteiger partial charge in [0.05, 0.1) is 18.5 Å². The standard InChI is InChI=1S/C17H16N2O4S2/c1-19(25(21,22)16-5-3-11-24-16)14-8-6-13(7-9-14)17(20)18-12-15-4-2-10-23-15/h2-11H,12H2,1H3,(H,18,20). The molecule has 1 aromatic carbocycles. The summed E-state index contributed by atoms with van der Waals surface area (Å²) in [6, 6.07) is 13.2. The molecule has 8 heteroatoms. The van der Waals surface area contributed by atoms with E-state index in [-0.39, 0.29) is 10.1 Å². The van der Waals surface area contributed by atoms with Crippen LogP contribution in [-0.2, 0) is 16.6 Å². The number of benzene rings is 1. The van der Waals surface area contributed by atoms with Gasteiger partial charge in [0.1, 0.15) is 9.97 Å². The van der Waals surface area contributed by atoms with Gasteiger partial charge >= 0.3 is 0 Å². The van der Waals surface area contributed by atoms with Gasteiger partial charge in [-0.25, -0.2) is 8.42 Å². The third-order valence-electron chi connectivity index (χ3n) is 3.61. The monoisotopic (exact) mass is 376 g/mol. The molecule has 3 aromatic rings. The van der Waals surface area contributed by atoms with Crippen LogP contribution in [0.5, 0.6) is 0 Å². The van der Waals surface area contributed by atoms with Crippen molar-refractivity contribution in [2.24, 2.45) is 0 Å². The second-order valence-corrected chi connectivity index (χ2v) is 8.36. The van der Waals surface area contributed by atoms with Crippen LogP contribution in [0.3, 0.4) is 0 Å². The van der Waals surface area contributed by atoms with Crippen molar-refractivity contribution in [3.8, 4) is 0 Å². The number of carbonyl (C=O) groups excluding carboxylic acids is 1. The number of carbonyl (C=O) groups is 1. The van der Waals surface area contributed by atoms with Gasteiger partial charge in [0.15, 0.2) is 0 Å². The first-order chi connectivity index (χ1) is 12.0. The summed E-state index contributed by atoms with van der Waals surface area (Å²) in [6.07, 6.45) is 1.54. The topological polar surface area (TPSA) is 79.6 Å². The minimum absolute atomic E-state index is 0.258. The highest BCUT2D eigenvalue weighted by Crippen LogP contribution is 2.25. The molecule has 1 amide bonds. The van der Waals surface area contributed by atoms with Gasteiger partial charge in [0.25, 0.3) is 15.9 Å².